The van der Waals surface area contributed by atoms with Gasteiger partial charge in [0, 0.05) is 42.5 Å². The van der Waals surface area contributed by atoms with Crippen LogP contribution in [0.2, 0.25) is 5.02 Å². The van der Waals surface area contributed by atoms with E-state index in [9.17, 15) is 4.79 Å². The Kier molecular flexibility index (Phi) is 6.13. The van der Waals surface area contributed by atoms with E-state index in [1.165, 1.54) is 12.5 Å². The Morgan fingerprint density at radius 1 is 1.00 bits per heavy atom. The molecule has 0 spiro atoms. The maximum Gasteiger partial charge on any atom is 0.257 e. The lowest BCUT2D eigenvalue weighted by molar-refractivity contribution is 0.0584. The molecule has 0 saturated carbocycles. The summed E-state index contributed by atoms with van der Waals surface area (Å²) in [5.41, 5.74) is 2.47. The smallest absolute Gasteiger partial charge is 0.257 e. The van der Waals surface area contributed by atoms with Gasteiger partial charge >= 0.3 is 0 Å². The number of para-hydroxylation sites is 1. The summed E-state index contributed by atoms with van der Waals surface area (Å²) in [6, 6.07) is 19.3. The Morgan fingerprint density at radius 2 is 1.73 bits per heavy atom. The van der Waals surface area contributed by atoms with Crippen molar-refractivity contribution < 1.29 is 9.21 Å². The highest BCUT2D eigenvalue weighted by Crippen LogP contribution is 2.24. The number of carbonyl (C=O) groups is 1. The van der Waals surface area contributed by atoms with E-state index in [4.69, 9.17) is 33.3 Å². The van der Waals surface area contributed by atoms with Crippen molar-refractivity contribution in [1.82, 2.24) is 24.1 Å². The summed E-state index contributed by atoms with van der Waals surface area (Å²) < 4.78 is 9.49. The van der Waals surface area contributed by atoms with Gasteiger partial charge in [-0.25, -0.2) is 4.68 Å². The molecule has 1 aliphatic rings. The van der Waals surface area contributed by atoms with E-state index in [-0.39, 0.29) is 5.91 Å². The molecule has 33 heavy (non-hydrogen) atoms. The first kappa shape index (κ1) is 21.6. The number of nitrogens with zero attached hydrogens (tertiary/aromatic N) is 5. The zero-order valence-corrected chi connectivity index (χ0v) is 19.4. The third-order valence-electron chi connectivity index (χ3n) is 5.72. The average molecular weight is 480 g/mol. The molecule has 3 heterocycles. The summed E-state index contributed by atoms with van der Waals surface area (Å²) in [5, 5.41) is 5.54. The average Bonchev–Trinajstić information content (AvgIpc) is 3.49. The van der Waals surface area contributed by atoms with Crippen LogP contribution >= 0.6 is 23.8 Å². The summed E-state index contributed by atoms with van der Waals surface area (Å²) >= 11 is 11.9. The molecule has 5 rings (SSSR count). The molecule has 2 aromatic heterocycles. The highest BCUT2D eigenvalue weighted by Gasteiger charge is 2.24. The normalized spacial score (nSPS) is 14.5. The Morgan fingerprint density at radius 3 is 2.39 bits per heavy atom. The van der Waals surface area contributed by atoms with Crippen LogP contribution in [-0.4, -0.2) is 56.2 Å². The predicted molar refractivity (Wildman–Crippen MR) is 129 cm³/mol. The highest BCUT2D eigenvalue weighted by molar-refractivity contribution is 7.71. The summed E-state index contributed by atoms with van der Waals surface area (Å²) in [5.74, 6) is 0.759. The number of hydrogen-bond donors (Lipinski definition) is 0. The molecule has 0 atom stereocenters. The van der Waals surface area contributed by atoms with E-state index < -0.39 is 0 Å². The van der Waals surface area contributed by atoms with Crippen LogP contribution in [0.3, 0.4) is 0 Å². The summed E-state index contributed by atoms with van der Waals surface area (Å²) in [4.78, 5) is 16.7. The Bertz CT molecular complexity index is 1290. The molecular formula is C24H22ClN5O2S. The fourth-order valence-electron chi connectivity index (χ4n) is 3.95. The maximum atomic E-state index is 12.6. The van der Waals surface area contributed by atoms with Crippen molar-refractivity contribution >= 4 is 29.7 Å². The monoisotopic (exact) mass is 479 g/mol. The number of rotatable bonds is 5. The van der Waals surface area contributed by atoms with Crippen LogP contribution in [0.5, 0.6) is 0 Å². The minimum Gasteiger partial charge on any atom is -0.472 e. The second kappa shape index (κ2) is 9.35. The Balaban J connectivity index is 1.38. The van der Waals surface area contributed by atoms with Crippen molar-refractivity contribution in [2.45, 2.75) is 6.67 Å². The van der Waals surface area contributed by atoms with Gasteiger partial charge < -0.3 is 9.32 Å². The number of aromatic nitrogens is 3. The topological polar surface area (TPSA) is 59.4 Å². The third-order valence-corrected chi connectivity index (χ3v) is 6.36. The molecular weight excluding hydrogens is 458 g/mol. The van der Waals surface area contributed by atoms with Crippen molar-refractivity contribution in [3.05, 3.63) is 88.5 Å². The Labute approximate surface area is 201 Å². The first-order chi connectivity index (χ1) is 16.1. The molecule has 7 nitrogen and oxygen atoms in total. The van der Waals surface area contributed by atoms with Gasteiger partial charge in [0.15, 0.2) is 5.82 Å². The predicted octanol–water partition coefficient (Wildman–Crippen LogP) is 4.73. The van der Waals surface area contributed by atoms with Crippen LogP contribution in [0.4, 0.5) is 0 Å². The van der Waals surface area contributed by atoms with Crippen LogP contribution in [0, 0.1) is 4.77 Å². The van der Waals surface area contributed by atoms with Gasteiger partial charge in [-0.2, -0.15) is 0 Å². The van der Waals surface area contributed by atoms with E-state index >= 15 is 0 Å². The molecule has 0 N–H and O–H groups in total. The van der Waals surface area contributed by atoms with Gasteiger partial charge in [-0.1, -0.05) is 29.8 Å². The first-order valence-electron chi connectivity index (χ1n) is 10.7. The zero-order chi connectivity index (χ0) is 22.8. The molecule has 0 bridgehead atoms. The van der Waals surface area contributed by atoms with Crippen molar-refractivity contribution in [3.8, 4) is 17.1 Å². The van der Waals surface area contributed by atoms with Crippen LogP contribution in [0.1, 0.15) is 10.4 Å². The molecule has 1 amide bonds. The molecule has 1 saturated heterocycles. The lowest BCUT2D eigenvalue weighted by Crippen LogP contribution is -2.49. The largest absolute Gasteiger partial charge is 0.472 e. The SMILES string of the molecule is O=C(c1ccoc1)N1CCN(Cn2nc(-c3ccc(Cl)cc3)n(-c3ccccc3)c2=S)CC1. The number of carbonyl (C=O) groups excluding carboxylic acids is 1. The number of benzene rings is 2. The fourth-order valence-corrected chi connectivity index (χ4v) is 4.36. The number of hydrogen-bond acceptors (Lipinski definition) is 5. The van der Waals surface area contributed by atoms with Crippen molar-refractivity contribution in [1.29, 1.82) is 0 Å². The second-order valence-corrected chi connectivity index (χ2v) is 8.65. The van der Waals surface area contributed by atoms with Gasteiger partial charge in [0.1, 0.15) is 6.26 Å². The van der Waals surface area contributed by atoms with E-state index in [0.717, 1.165) is 30.2 Å². The summed E-state index contributed by atoms with van der Waals surface area (Å²) in [6.07, 6.45) is 3.01. The van der Waals surface area contributed by atoms with Crippen molar-refractivity contribution in [2.75, 3.05) is 26.2 Å². The maximum absolute atomic E-state index is 12.6. The van der Waals surface area contributed by atoms with Crippen LogP contribution in [0.15, 0.2) is 77.6 Å². The van der Waals surface area contributed by atoms with Gasteiger partial charge in [-0.05, 0) is 54.7 Å². The number of amides is 1. The van der Waals surface area contributed by atoms with Gasteiger partial charge in [0.05, 0.1) is 18.5 Å². The lowest BCUT2D eigenvalue weighted by atomic mass is 10.2. The fraction of sp³-hybridized carbons (Fsp3) is 0.208. The van der Waals surface area contributed by atoms with E-state index in [0.29, 0.717) is 35.1 Å². The standard InChI is InChI=1S/C24H22ClN5O2S/c25-20-8-6-18(7-9-20)22-26-29(24(33)30(22)21-4-2-1-3-5-21)17-27-11-13-28(14-12-27)23(31)19-10-15-32-16-19/h1-10,15-16H,11-14,17H2. The number of halogens is 1. The van der Waals surface area contributed by atoms with E-state index in [1.807, 2.05) is 68.7 Å². The molecule has 1 aliphatic heterocycles. The van der Waals surface area contributed by atoms with Gasteiger partial charge in [0.2, 0.25) is 4.77 Å². The molecule has 4 aromatic rings. The Hall–Kier alpha value is -3.20. The highest BCUT2D eigenvalue weighted by atomic mass is 35.5. The third kappa shape index (κ3) is 4.50. The summed E-state index contributed by atoms with van der Waals surface area (Å²) in [6.45, 7) is 3.30. The molecule has 1 fully saturated rings. The van der Waals surface area contributed by atoms with Crippen LogP contribution < -0.4 is 0 Å². The molecule has 0 unspecified atom stereocenters. The van der Waals surface area contributed by atoms with Gasteiger partial charge in [-0.15, -0.1) is 5.10 Å². The second-order valence-electron chi connectivity index (χ2n) is 7.85. The van der Waals surface area contributed by atoms with Crippen LogP contribution in [0.25, 0.3) is 17.1 Å². The molecule has 0 aliphatic carbocycles. The quantitative estimate of drug-likeness (QED) is 0.387. The number of piperazine rings is 1. The molecule has 9 heteroatoms. The zero-order valence-electron chi connectivity index (χ0n) is 17.8. The molecule has 0 radical (unpaired) electrons. The van der Waals surface area contributed by atoms with Crippen LogP contribution in [-0.2, 0) is 6.67 Å². The van der Waals surface area contributed by atoms with Gasteiger partial charge in [-0.3, -0.25) is 14.3 Å². The minimum atomic E-state index is -0.00149. The first-order valence-corrected chi connectivity index (χ1v) is 11.4. The van der Waals surface area contributed by atoms with Gasteiger partial charge in [0.25, 0.3) is 5.91 Å². The lowest BCUT2D eigenvalue weighted by Gasteiger charge is -2.34. The van der Waals surface area contributed by atoms with Crippen molar-refractivity contribution in [2.24, 2.45) is 0 Å². The molecule has 168 valence electrons. The number of furan rings is 1. The van der Waals surface area contributed by atoms with Crippen molar-refractivity contribution in [3.63, 3.8) is 0 Å². The summed E-state index contributed by atoms with van der Waals surface area (Å²) in [7, 11) is 0. The molecule has 2 aromatic carbocycles. The minimum absolute atomic E-state index is 0.00149. The van der Waals surface area contributed by atoms with E-state index in [2.05, 4.69) is 4.90 Å². The van der Waals surface area contributed by atoms with E-state index in [1.54, 1.807) is 6.07 Å².